The van der Waals surface area contributed by atoms with E-state index in [0.29, 0.717) is 10.8 Å². The van der Waals surface area contributed by atoms with Gasteiger partial charge in [-0.3, -0.25) is 4.99 Å². The summed E-state index contributed by atoms with van der Waals surface area (Å²) in [6, 6.07) is 11.5. The lowest BCUT2D eigenvalue weighted by Gasteiger charge is -2.28. The van der Waals surface area contributed by atoms with Crippen molar-refractivity contribution in [1.29, 1.82) is 0 Å². The lowest BCUT2D eigenvalue weighted by molar-refractivity contribution is -0.142. The van der Waals surface area contributed by atoms with Gasteiger partial charge in [0.05, 0.1) is 38.1 Å². The maximum absolute atomic E-state index is 11.3. The number of rotatable bonds is 7. The fourth-order valence-electron chi connectivity index (χ4n) is 2.86. The Labute approximate surface area is 174 Å². The average molecular weight is 419 g/mol. The van der Waals surface area contributed by atoms with Gasteiger partial charge in [-0.15, -0.1) is 0 Å². The van der Waals surface area contributed by atoms with E-state index in [4.69, 9.17) is 25.8 Å². The third-order valence-electron chi connectivity index (χ3n) is 4.40. The Hall–Kier alpha value is -2.77. The molecule has 1 saturated heterocycles. The SMILES string of the molecule is COC(=O)COc1c(Cl)cc(C=Nc2ccc(N3CCOCC3)cc2)cc1OC. The lowest BCUT2D eigenvalue weighted by atomic mass is 10.2. The van der Waals surface area contributed by atoms with Gasteiger partial charge in [-0.05, 0) is 42.0 Å². The van der Waals surface area contributed by atoms with E-state index in [0.717, 1.165) is 43.2 Å². The second kappa shape index (κ2) is 10.1. The second-order valence-electron chi connectivity index (χ2n) is 6.27. The molecule has 2 aromatic rings. The molecule has 0 atom stereocenters. The molecular formula is C21H23ClN2O5. The molecule has 8 heteroatoms. The van der Waals surface area contributed by atoms with Crippen LogP contribution in [0.15, 0.2) is 41.4 Å². The van der Waals surface area contributed by atoms with Crippen LogP contribution in [0.1, 0.15) is 5.56 Å². The van der Waals surface area contributed by atoms with Gasteiger partial charge in [0.15, 0.2) is 18.1 Å². The molecule has 1 heterocycles. The smallest absolute Gasteiger partial charge is 0.343 e. The van der Waals surface area contributed by atoms with Crippen LogP contribution in [0.2, 0.25) is 5.02 Å². The number of ether oxygens (including phenoxy) is 4. The predicted octanol–water partition coefficient (Wildman–Crippen LogP) is 3.49. The topological polar surface area (TPSA) is 69.6 Å². The van der Waals surface area contributed by atoms with E-state index in [1.165, 1.54) is 14.2 Å². The molecule has 0 saturated carbocycles. The van der Waals surface area contributed by atoms with Gasteiger partial charge < -0.3 is 23.8 Å². The Balaban J connectivity index is 1.71. The molecule has 1 fully saturated rings. The summed E-state index contributed by atoms with van der Waals surface area (Å²) < 4.78 is 20.7. The Morgan fingerprint density at radius 3 is 2.59 bits per heavy atom. The number of hydrogen-bond acceptors (Lipinski definition) is 7. The van der Waals surface area contributed by atoms with Crippen molar-refractivity contribution in [2.75, 3.05) is 52.0 Å². The van der Waals surface area contributed by atoms with Crippen molar-refractivity contribution >= 4 is 35.2 Å². The van der Waals surface area contributed by atoms with Crippen LogP contribution in [0, 0.1) is 0 Å². The number of carbonyl (C=O) groups excluding carboxylic acids is 1. The summed E-state index contributed by atoms with van der Waals surface area (Å²) in [6.45, 7) is 3.04. The first kappa shape index (κ1) is 21.0. The minimum Gasteiger partial charge on any atom is -0.493 e. The van der Waals surface area contributed by atoms with Crippen molar-refractivity contribution < 1.29 is 23.7 Å². The molecule has 0 spiro atoms. The van der Waals surface area contributed by atoms with Gasteiger partial charge >= 0.3 is 5.97 Å². The van der Waals surface area contributed by atoms with Crippen LogP contribution in [0.4, 0.5) is 11.4 Å². The largest absolute Gasteiger partial charge is 0.493 e. The van der Waals surface area contributed by atoms with E-state index >= 15 is 0 Å². The average Bonchev–Trinajstić information content (AvgIpc) is 2.77. The molecule has 0 amide bonds. The highest BCUT2D eigenvalue weighted by Crippen LogP contribution is 2.36. The number of nitrogens with zero attached hydrogens (tertiary/aromatic N) is 2. The van der Waals surface area contributed by atoms with Crippen molar-refractivity contribution in [3.05, 3.63) is 47.0 Å². The van der Waals surface area contributed by atoms with Gasteiger partial charge in [-0.2, -0.15) is 0 Å². The molecule has 2 aromatic carbocycles. The quantitative estimate of drug-likeness (QED) is 0.506. The fourth-order valence-corrected chi connectivity index (χ4v) is 3.14. The van der Waals surface area contributed by atoms with Gasteiger partial charge in [0.25, 0.3) is 0 Å². The summed E-state index contributed by atoms with van der Waals surface area (Å²) in [5, 5.41) is 0.317. The number of morpholine rings is 1. The summed E-state index contributed by atoms with van der Waals surface area (Å²) in [7, 11) is 2.79. The number of aliphatic imine (C=N–C) groups is 1. The zero-order valence-electron chi connectivity index (χ0n) is 16.4. The highest BCUT2D eigenvalue weighted by Gasteiger charge is 2.14. The van der Waals surface area contributed by atoms with Gasteiger partial charge in [0, 0.05) is 25.0 Å². The molecule has 0 unspecified atom stereocenters. The van der Waals surface area contributed by atoms with Crippen LogP contribution in [-0.2, 0) is 14.3 Å². The third kappa shape index (κ3) is 5.62. The first-order chi connectivity index (χ1) is 14.1. The van der Waals surface area contributed by atoms with Gasteiger partial charge in [-0.1, -0.05) is 11.6 Å². The van der Waals surface area contributed by atoms with E-state index in [1.54, 1.807) is 18.3 Å². The van der Waals surface area contributed by atoms with Crippen LogP contribution in [0.25, 0.3) is 0 Å². The van der Waals surface area contributed by atoms with Crippen LogP contribution >= 0.6 is 11.6 Å². The maximum atomic E-state index is 11.3. The van der Waals surface area contributed by atoms with Crippen LogP contribution in [0.5, 0.6) is 11.5 Å². The summed E-state index contributed by atoms with van der Waals surface area (Å²) in [5.41, 5.74) is 2.72. The first-order valence-corrected chi connectivity index (χ1v) is 9.52. The van der Waals surface area contributed by atoms with Gasteiger partial charge in [-0.25, -0.2) is 4.79 Å². The molecular weight excluding hydrogens is 396 g/mol. The van der Waals surface area contributed by atoms with Gasteiger partial charge in [0.2, 0.25) is 0 Å². The van der Waals surface area contributed by atoms with Crippen LogP contribution in [-0.4, -0.2) is 59.3 Å². The zero-order valence-corrected chi connectivity index (χ0v) is 17.1. The van der Waals surface area contributed by atoms with Crippen molar-refractivity contribution in [1.82, 2.24) is 0 Å². The number of halogens is 1. The molecule has 29 heavy (non-hydrogen) atoms. The Morgan fingerprint density at radius 2 is 1.93 bits per heavy atom. The molecule has 1 aliphatic heterocycles. The summed E-state index contributed by atoms with van der Waals surface area (Å²) in [6.07, 6.45) is 1.70. The number of esters is 1. The number of benzene rings is 2. The van der Waals surface area contributed by atoms with Crippen molar-refractivity contribution in [3.8, 4) is 11.5 Å². The minimum atomic E-state index is -0.505. The molecule has 0 radical (unpaired) electrons. The van der Waals surface area contributed by atoms with E-state index in [9.17, 15) is 4.79 Å². The fraction of sp³-hybridized carbons (Fsp3) is 0.333. The van der Waals surface area contributed by atoms with Crippen molar-refractivity contribution in [3.63, 3.8) is 0 Å². The maximum Gasteiger partial charge on any atom is 0.343 e. The number of methoxy groups -OCH3 is 2. The van der Waals surface area contributed by atoms with Crippen LogP contribution < -0.4 is 14.4 Å². The van der Waals surface area contributed by atoms with E-state index < -0.39 is 5.97 Å². The molecule has 0 aliphatic carbocycles. The Morgan fingerprint density at radius 1 is 1.21 bits per heavy atom. The van der Waals surface area contributed by atoms with Crippen LogP contribution in [0.3, 0.4) is 0 Å². The molecule has 3 rings (SSSR count). The molecule has 0 N–H and O–H groups in total. The first-order valence-electron chi connectivity index (χ1n) is 9.14. The highest BCUT2D eigenvalue weighted by atomic mass is 35.5. The summed E-state index contributed by atoms with van der Waals surface area (Å²) in [4.78, 5) is 18.1. The third-order valence-corrected chi connectivity index (χ3v) is 4.68. The molecule has 0 bridgehead atoms. The molecule has 154 valence electrons. The number of anilines is 1. The summed E-state index contributed by atoms with van der Waals surface area (Å²) >= 11 is 6.29. The van der Waals surface area contributed by atoms with E-state index in [-0.39, 0.29) is 12.4 Å². The normalized spacial score (nSPS) is 14.1. The molecule has 7 nitrogen and oxygen atoms in total. The van der Waals surface area contributed by atoms with E-state index in [2.05, 4.69) is 26.8 Å². The lowest BCUT2D eigenvalue weighted by Crippen LogP contribution is -2.36. The zero-order chi connectivity index (χ0) is 20.6. The van der Waals surface area contributed by atoms with E-state index in [1.807, 2.05) is 12.1 Å². The number of carbonyl (C=O) groups is 1. The predicted molar refractivity (Wildman–Crippen MR) is 112 cm³/mol. The molecule has 0 aromatic heterocycles. The summed E-state index contributed by atoms with van der Waals surface area (Å²) in [5.74, 6) is 0.186. The van der Waals surface area contributed by atoms with Crippen molar-refractivity contribution in [2.45, 2.75) is 0 Å². The highest BCUT2D eigenvalue weighted by molar-refractivity contribution is 6.32. The number of hydrogen-bond donors (Lipinski definition) is 0. The van der Waals surface area contributed by atoms with Gasteiger partial charge in [0.1, 0.15) is 0 Å². The Bertz CT molecular complexity index is 864. The monoisotopic (exact) mass is 418 g/mol. The second-order valence-corrected chi connectivity index (χ2v) is 6.68. The minimum absolute atomic E-state index is 0.254. The standard InChI is InChI=1S/C21H23ClN2O5/c1-26-19-12-15(11-18(22)21(19)29-14-20(25)27-2)13-23-16-3-5-17(6-4-16)24-7-9-28-10-8-24/h3-6,11-13H,7-10,14H2,1-2H3. The Kier molecular flexibility index (Phi) is 7.32. The molecule has 1 aliphatic rings. The van der Waals surface area contributed by atoms with Crippen molar-refractivity contribution in [2.24, 2.45) is 4.99 Å².